The average Bonchev–Trinajstić information content (AvgIpc) is 2.94. The van der Waals surface area contributed by atoms with Crippen LogP contribution in [0.5, 0.6) is 0 Å². The summed E-state index contributed by atoms with van der Waals surface area (Å²) in [7, 11) is 4.13. The van der Waals surface area contributed by atoms with Gasteiger partial charge in [0, 0.05) is 44.4 Å². The van der Waals surface area contributed by atoms with Crippen molar-refractivity contribution < 1.29 is 4.74 Å². The van der Waals surface area contributed by atoms with E-state index in [-0.39, 0.29) is 5.54 Å². The van der Waals surface area contributed by atoms with Crippen molar-refractivity contribution >= 4 is 0 Å². The van der Waals surface area contributed by atoms with Gasteiger partial charge in [-0.25, -0.2) is 0 Å². The third kappa shape index (κ3) is 1.90. The number of piperidine rings is 1. The van der Waals surface area contributed by atoms with Gasteiger partial charge < -0.3 is 15.4 Å². The lowest BCUT2D eigenvalue weighted by Crippen LogP contribution is -2.61. The summed E-state index contributed by atoms with van der Waals surface area (Å²) in [5, 5.41) is 0. The predicted molar refractivity (Wildman–Crippen MR) is 72.6 cm³/mol. The Morgan fingerprint density at radius 2 is 1.89 bits per heavy atom. The zero-order chi connectivity index (χ0) is 12.8. The fraction of sp³-hybridized carbons (Fsp3) is 1.00. The minimum atomic E-state index is 0.256. The van der Waals surface area contributed by atoms with Gasteiger partial charge in [-0.05, 0) is 39.2 Å². The molecule has 104 valence electrons. The van der Waals surface area contributed by atoms with Crippen molar-refractivity contribution in [2.24, 2.45) is 5.73 Å². The maximum Gasteiger partial charge on any atom is 0.0710 e. The summed E-state index contributed by atoms with van der Waals surface area (Å²) in [6, 6.07) is 1.52. The van der Waals surface area contributed by atoms with Gasteiger partial charge >= 0.3 is 0 Å². The van der Waals surface area contributed by atoms with Crippen LogP contribution in [0.4, 0.5) is 0 Å². The number of nitrogens with zero attached hydrogens (tertiary/aromatic N) is 2. The number of hydrogen-bond donors (Lipinski definition) is 1. The summed E-state index contributed by atoms with van der Waals surface area (Å²) in [5.74, 6) is 0. The zero-order valence-corrected chi connectivity index (χ0v) is 11.8. The first kappa shape index (κ1) is 12.9. The standard InChI is InChI=1S/C14H27N3O/c1-16-11-3-4-12(16)8-14(7-11,10-15)17-6-5-13(9-17)18-2/h11-13H,3-10,15H2,1-2H3. The van der Waals surface area contributed by atoms with Crippen molar-refractivity contribution in [3.05, 3.63) is 0 Å². The molecule has 4 heteroatoms. The molecule has 3 heterocycles. The van der Waals surface area contributed by atoms with Gasteiger partial charge in [0.25, 0.3) is 0 Å². The molecule has 4 nitrogen and oxygen atoms in total. The highest BCUT2D eigenvalue weighted by Gasteiger charge is 2.50. The van der Waals surface area contributed by atoms with Gasteiger partial charge in [0.15, 0.2) is 0 Å². The summed E-state index contributed by atoms with van der Waals surface area (Å²) in [6.07, 6.45) is 6.84. The molecule has 0 amide bonds. The Balaban J connectivity index is 1.76. The van der Waals surface area contributed by atoms with Crippen molar-refractivity contribution in [3.63, 3.8) is 0 Å². The predicted octanol–water partition coefficient (Wildman–Crippen LogP) is 0.661. The van der Waals surface area contributed by atoms with Crippen LogP contribution in [0, 0.1) is 0 Å². The van der Waals surface area contributed by atoms with Gasteiger partial charge in [0.2, 0.25) is 0 Å². The fourth-order valence-electron chi connectivity index (χ4n) is 4.45. The highest BCUT2D eigenvalue weighted by Crippen LogP contribution is 2.43. The van der Waals surface area contributed by atoms with E-state index in [2.05, 4.69) is 16.8 Å². The lowest BCUT2D eigenvalue weighted by molar-refractivity contribution is 0.00408. The fourth-order valence-corrected chi connectivity index (χ4v) is 4.45. The summed E-state index contributed by atoms with van der Waals surface area (Å²) >= 11 is 0. The third-order valence-electron chi connectivity index (χ3n) is 5.75. The van der Waals surface area contributed by atoms with E-state index in [1.807, 2.05) is 7.11 Å². The largest absolute Gasteiger partial charge is 0.380 e. The molecule has 3 atom stereocenters. The quantitative estimate of drug-likeness (QED) is 0.802. The van der Waals surface area contributed by atoms with Gasteiger partial charge in [-0.1, -0.05) is 0 Å². The zero-order valence-electron chi connectivity index (χ0n) is 11.8. The number of fused-ring (bicyclic) bond motifs is 2. The normalized spacial score (nSPS) is 45.8. The van der Waals surface area contributed by atoms with Crippen LogP contribution in [-0.2, 0) is 4.74 Å². The van der Waals surface area contributed by atoms with Crippen molar-refractivity contribution in [3.8, 4) is 0 Å². The second kappa shape index (κ2) is 4.75. The van der Waals surface area contributed by atoms with E-state index in [0.29, 0.717) is 6.10 Å². The average molecular weight is 253 g/mol. The topological polar surface area (TPSA) is 41.7 Å². The number of likely N-dealkylation sites (tertiary alicyclic amines) is 1. The van der Waals surface area contributed by atoms with Crippen LogP contribution in [0.1, 0.15) is 32.1 Å². The summed E-state index contributed by atoms with van der Waals surface area (Å²) in [4.78, 5) is 5.23. The van der Waals surface area contributed by atoms with Gasteiger partial charge in [0.05, 0.1) is 6.10 Å². The molecule has 0 saturated carbocycles. The number of ether oxygens (including phenoxy) is 1. The molecule has 0 radical (unpaired) electrons. The lowest BCUT2D eigenvalue weighted by atomic mass is 9.81. The molecule has 0 aromatic rings. The molecule has 2 N–H and O–H groups in total. The molecule has 3 aliphatic heterocycles. The van der Waals surface area contributed by atoms with E-state index in [0.717, 1.165) is 25.2 Å². The molecular weight excluding hydrogens is 226 g/mol. The molecular formula is C14H27N3O. The van der Waals surface area contributed by atoms with Crippen LogP contribution in [0.15, 0.2) is 0 Å². The van der Waals surface area contributed by atoms with Crippen LogP contribution in [0.3, 0.4) is 0 Å². The maximum atomic E-state index is 6.20. The van der Waals surface area contributed by atoms with Gasteiger partial charge in [-0.2, -0.15) is 0 Å². The SMILES string of the molecule is COC1CCN(C2(CN)CC3CCC(C2)N3C)C1. The Bertz CT molecular complexity index is 295. The Hall–Kier alpha value is -0.160. The van der Waals surface area contributed by atoms with Crippen LogP contribution >= 0.6 is 0 Å². The van der Waals surface area contributed by atoms with Crippen molar-refractivity contribution in [2.45, 2.75) is 55.8 Å². The lowest BCUT2D eigenvalue weighted by Gasteiger charge is -2.50. The molecule has 0 aromatic carbocycles. The highest BCUT2D eigenvalue weighted by atomic mass is 16.5. The number of nitrogens with two attached hydrogens (primary N) is 1. The first-order valence-electron chi connectivity index (χ1n) is 7.38. The molecule has 3 aliphatic rings. The minimum Gasteiger partial charge on any atom is -0.380 e. The van der Waals surface area contributed by atoms with Gasteiger partial charge in [-0.15, -0.1) is 0 Å². The minimum absolute atomic E-state index is 0.256. The smallest absolute Gasteiger partial charge is 0.0710 e. The molecule has 0 aromatic heterocycles. The molecule has 0 spiro atoms. The summed E-state index contributed by atoms with van der Waals surface area (Å²) in [6.45, 7) is 3.06. The van der Waals surface area contributed by atoms with E-state index in [1.165, 1.54) is 38.6 Å². The molecule has 3 fully saturated rings. The van der Waals surface area contributed by atoms with E-state index >= 15 is 0 Å². The Kier molecular flexibility index (Phi) is 3.39. The van der Waals surface area contributed by atoms with Gasteiger partial charge in [0.1, 0.15) is 0 Å². The first-order chi connectivity index (χ1) is 8.68. The highest BCUT2D eigenvalue weighted by molar-refractivity contribution is 5.07. The maximum absolute atomic E-state index is 6.20. The monoisotopic (exact) mass is 253 g/mol. The van der Waals surface area contributed by atoms with Crippen molar-refractivity contribution in [1.29, 1.82) is 0 Å². The molecule has 0 aliphatic carbocycles. The number of methoxy groups -OCH3 is 1. The number of rotatable bonds is 3. The van der Waals surface area contributed by atoms with E-state index in [9.17, 15) is 0 Å². The molecule has 3 saturated heterocycles. The molecule has 3 rings (SSSR count). The Morgan fingerprint density at radius 1 is 1.22 bits per heavy atom. The van der Waals surface area contributed by atoms with Crippen molar-refractivity contribution in [2.75, 3.05) is 33.8 Å². The van der Waals surface area contributed by atoms with Crippen LogP contribution < -0.4 is 5.73 Å². The van der Waals surface area contributed by atoms with Gasteiger partial charge in [-0.3, -0.25) is 4.90 Å². The third-order valence-corrected chi connectivity index (χ3v) is 5.75. The summed E-state index contributed by atoms with van der Waals surface area (Å²) < 4.78 is 5.52. The van der Waals surface area contributed by atoms with E-state index in [4.69, 9.17) is 10.5 Å². The van der Waals surface area contributed by atoms with Crippen molar-refractivity contribution in [1.82, 2.24) is 9.80 Å². The molecule has 2 bridgehead atoms. The van der Waals surface area contributed by atoms with Crippen LogP contribution in [-0.4, -0.2) is 67.3 Å². The molecule has 18 heavy (non-hydrogen) atoms. The first-order valence-corrected chi connectivity index (χ1v) is 7.38. The Labute approximate surface area is 110 Å². The van der Waals surface area contributed by atoms with Crippen LogP contribution in [0.2, 0.25) is 0 Å². The summed E-state index contributed by atoms with van der Waals surface area (Å²) in [5.41, 5.74) is 6.46. The molecule has 3 unspecified atom stereocenters. The Morgan fingerprint density at radius 3 is 2.39 bits per heavy atom. The second-order valence-corrected chi connectivity index (χ2v) is 6.48. The van der Waals surface area contributed by atoms with E-state index < -0.39 is 0 Å². The second-order valence-electron chi connectivity index (χ2n) is 6.48. The van der Waals surface area contributed by atoms with E-state index in [1.54, 1.807) is 0 Å². The number of hydrogen-bond acceptors (Lipinski definition) is 4. The van der Waals surface area contributed by atoms with Crippen LogP contribution in [0.25, 0.3) is 0 Å².